The molecule has 0 aromatic heterocycles. The first-order valence-corrected chi connectivity index (χ1v) is 12.8. The van der Waals surface area contributed by atoms with Crippen molar-refractivity contribution in [3.8, 4) is 0 Å². The summed E-state index contributed by atoms with van der Waals surface area (Å²) in [5.74, 6) is 0. The molecule has 0 radical (unpaired) electrons. The van der Waals surface area contributed by atoms with Gasteiger partial charge in [0.15, 0.2) is 11.1 Å². The van der Waals surface area contributed by atoms with Gasteiger partial charge in [0.05, 0.1) is 7.11 Å². The van der Waals surface area contributed by atoms with Crippen LogP contribution in [-0.4, -0.2) is 76.1 Å². The molecule has 0 aliphatic rings. The lowest BCUT2D eigenvalue weighted by Gasteiger charge is -2.04. The van der Waals surface area contributed by atoms with Gasteiger partial charge >= 0.3 is 7.60 Å². The van der Waals surface area contributed by atoms with Crippen LogP contribution in [0.1, 0.15) is 0 Å². The molecule has 0 bridgehead atoms. The van der Waals surface area contributed by atoms with E-state index >= 15 is 0 Å². The van der Waals surface area contributed by atoms with Gasteiger partial charge < -0.3 is 9.05 Å². The fourth-order valence-corrected chi connectivity index (χ4v) is 0.224. The third-order valence-corrected chi connectivity index (χ3v) is 2.69. The maximum absolute atomic E-state index is 10.5. The summed E-state index contributed by atoms with van der Waals surface area (Å²) in [7, 11) is -1.83. The topological polar surface area (TPSA) is 113 Å². The molecule has 0 spiro atoms. The summed E-state index contributed by atoms with van der Waals surface area (Å²) in [4.78, 5) is 0. The Labute approximate surface area is 133 Å². The second-order valence-corrected chi connectivity index (χ2v) is 10.8. The lowest BCUT2D eigenvalue weighted by molar-refractivity contribution is 0.282. The monoisotopic (exact) mass is 390 g/mol. The molecular formula is C9H27O8PS3. The van der Waals surface area contributed by atoms with Crippen LogP contribution in [0.4, 0.5) is 0 Å². The molecule has 0 aromatic rings. The Bertz CT molecular complexity index is 401. The van der Waals surface area contributed by atoms with Gasteiger partial charge in [0, 0.05) is 63.0 Å². The van der Waals surface area contributed by atoms with Crippen molar-refractivity contribution in [3.05, 3.63) is 0 Å². The van der Waals surface area contributed by atoms with E-state index in [1.54, 1.807) is 12.5 Å². The Morgan fingerprint density at radius 3 is 1.05 bits per heavy atom. The van der Waals surface area contributed by atoms with Crippen LogP contribution in [0.2, 0.25) is 0 Å². The fourth-order valence-electron chi connectivity index (χ4n) is 0.0745. The average Bonchev–Trinajstić information content (AvgIpc) is 2.27. The van der Waals surface area contributed by atoms with Crippen LogP contribution >= 0.6 is 7.60 Å². The normalized spacial score (nSPS) is 11.9. The molecule has 12 heteroatoms. The van der Waals surface area contributed by atoms with Crippen LogP contribution in [0.5, 0.6) is 0 Å². The molecule has 0 N–H and O–H groups in total. The van der Waals surface area contributed by atoms with Crippen LogP contribution in [0.3, 0.4) is 0 Å². The van der Waals surface area contributed by atoms with Crippen molar-refractivity contribution >= 4 is 39.3 Å². The highest BCUT2D eigenvalue weighted by Crippen LogP contribution is 2.40. The van der Waals surface area contributed by atoms with E-state index in [9.17, 15) is 21.4 Å². The molecule has 134 valence electrons. The molecule has 0 heterocycles. The maximum Gasteiger partial charge on any atom is 0.327 e. The molecule has 1 atom stereocenters. The van der Waals surface area contributed by atoms with Crippen molar-refractivity contribution in [1.29, 1.82) is 0 Å². The van der Waals surface area contributed by atoms with Crippen LogP contribution in [-0.2, 0) is 49.5 Å². The summed E-state index contributed by atoms with van der Waals surface area (Å²) in [6.45, 7) is 1.41. The second kappa shape index (κ2) is 16.7. The van der Waals surface area contributed by atoms with E-state index in [4.69, 9.17) is 0 Å². The third-order valence-electron chi connectivity index (χ3n) is 0.898. The van der Waals surface area contributed by atoms with Crippen LogP contribution in [0, 0.1) is 0 Å². The third kappa shape index (κ3) is 98.2. The zero-order valence-electron chi connectivity index (χ0n) is 13.9. The Morgan fingerprint density at radius 1 is 0.905 bits per heavy atom. The molecule has 0 saturated carbocycles. The van der Waals surface area contributed by atoms with E-state index in [-0.39, 0.29) is 0 Å². The van der Waals surface area contributed by atoms with Crippen molar-refractivity contribution < 1.29 is 34.6 Å². The molecule has 0 fully saturated rings. The first-order valence-electron chi connectivity index (χ1n) is 5.09. The molecular weight excluding hydrogens is 363 g/mol. The summed E-state index contributed by atoms with van der Waals surface area (Å²) >= 11 is -1.07. The van der Waals surface area contributed by atoms with Gasteiger partial charge in [0.1, 0.15) is 9.84 Å². The summed E-state index contributed by atoms with van der Waals surface area (Å²) in [5.41, 5.74) is 0. The zero-order valence-corrected chi connectivity index (χ0v) is 17.3. The van der Waals surface area contributed by atoms with Crippen LogP contribution < -0.4 is 0 Å². The lowest BCUT2D eigenvalue weighted by Crippen LogP contribution is -1.86. The molecule has 0 aliphatic heterocycles. The molecule has 0 aromatic carbocycles. The fraction of sp³-hybridized carbons (Fsp3) is 1.00. The minimum Gasteiger partial charge on any atom is -0.312 e. The molecule has 0 amide bonds. The highest BCUT2D eigenvalue weighted by Gasteiger charge is 2.08. The Balaban J connectivity index is -0.0000000939. The number of rotatable bonds is 3. The minimum absolute atomic E-state index is 0.611. The Hall–Kier alpha value is 0.360. The number of hydrogen-bond donors (Lipinski definition) is 0. The largest absolute Gasteiger partial charge is 0.327 e. The molecule has 21 heavy (non-hydrogen) atoms. The van der Waals surface area contributed by atoms with Crippen molar-refractivity contribution in [2.75, 3.05) is 59.3 Å². The van der Waals surface area contributed by atoms with Gasteiger partial charge in [-0.2, -0.15) is 0 Å². The Morgan fingerprint density at radius 2 is 1.05 bits per heavy atom. The standard InChI is InChI=1S/C3H9O3P.2C2H6O2S.C2H6OS/c1-5-7(3,4)6-2;1-5(2,3)4;1-4-5(2)3;1-4(2)3/h1-3H3;2*1-2H3;1-2H3. The summed E-state index contributed by atoms with van der Waals surface area (Å²) < 4.78 is 62.1. The quantitative estimate of drug-likeness (QED) is 0.647. The van der Waals surface area contributed by atoms with E-state index < -0.39 is 39.3 Å². The SMILES string of the molecule is COP(C)(=O)OC.COS(C)=O.CS(C)(=O)=O.CS(C)=O. The molecule has 8 nitrogen and oxygen atoms in total. The first-order chi connectivity index (χ1) is 9.12. The van der Waals surface area contributed by atoms with Crippen LogP contribution in [0.25, 0.3) is 0 Å². The molecule has 0 aliphatic carbocycles. The molecule has 0 saturated heterocycles. The minimum atomic E-state index is -2.67. The summed E-state index contributed by atoms with van der Waals surface area (Å²) in [6, 6.07) is 0. The first kappa shape index (κ1) is 29.4. The highest BCUT2D eigenvalue weighted by molar-refractivity contribution is 7.89. The second-order valence-electron chi connectivity index (χ2n) is 3.59. The summed E-state index contributed by atoms with van der Waals surface area (Å²) in [6.07, 6.45) is 7.07. The van der Waals surface area contributed by atoms with E-state index in [1.807, 2.05) is 0 Å². The number of sulfone groups is 1. The zero-order chi connectivity index (χ0) is 18.3. The average molecular weight is 390 g/mol. The highest BCUT2D eigenvalue weighted by atomic mass is 32.2. The van der Waals surface area contributed by atoms with Gasteiger partial charge in [-0.05, 0) is 0 Å². The van der Waals surface area contributed by atoms with E-state index in [2.05, 4.69) is 13.2 Å². The molecule has 1 unspecified atom stereocenters. The van der Waals surface area contributed by atoms with Crippen molar-refractivity contribution in [2.24, 2.45) is 0 Å². The lowest BCUT2D eigenvalue weighted by atomic mass is 11.8. The predicted octanol–water partition coefficient (Wildman–Crippen LogP) is 0.684. The maximum atomic E-state index is 10.5. The van der Waals surface area contributed by atoms with Gasteiger partial charge in [0.25, 0.3) is 0 Å². The number of hydrogen-bond acceptors (Lipinski definition) is 8. The van der Waals surface area contributed by atoms with Gasteiger partial charge in [0.2, 0.25) is 0 Å². The van der Waals surface area contributed by atoms with E-state index in [0.717, 1.165) is 12.5 Å². The van der Waals surface area contributed by atoms with Gasteiger partial charge in [-0.25, -0.2) is 12.6 Å². The van der Waals surface area contributed by atoms with Crippen molar-refractivity contribution in [1.82, 2.24) is 0 Å². The Kier molecular flexibility index (Phi) is 23.4. The van der Waals surface area contributed by atoms with Crippen LogP contribution in [0.15, 0.2) is 0 Å². The van der Waals surface area contributed by atoms with Gasteiger partial charge in [-0.3, -0.25) is 13.0 Å². The van der Waals surface area contributed by atoms with Gasteiger partial charge in [-0.1, -0.05) is 0 Å². The van der Waals surface area contributed by atoms with Crippen molar-refractivity contribution in [3.63, 3.8) is 0 Å². The smallest absolute Gasteiger partial charge is 0.312 e. The molecule has 0 rings (SSSR count). The predicted molar refractivity (Wildman–Crippen MR) is 89.4 cm³/mol. The summed E-state index contributed by atoms with van der Waals surface area (Å²) in [5, 5.41) is 0. The van der Waals surface area contributed by atoms with E-state index in [1.165, 1.54) is 34.2 Å². The van der Waals surface area contributed by atoms with E-state index in [0.29, 0.717) is 0 Å². The van der Waals surface area contributed by atoms with Crippen molar-refractivity contribution in [2.45, 2.75) is 0 Å². The van der Waals surface area contributed by atoms with Gasteiger partial charge in [-0.15, -0.1) is 0 Å².